The Morgan fingerprint density at radius 3 is 2.49 bits per heavy atom. The van der Waals surface area contributed by atoms with Crippen LogP contribution in [0.1, 0.15) is 45.2 Å². The second-order valence-electron chi connectivity index (χ2n) is 9.76. The van der Waals surface area contributed by atoms with Crippen LogP contribution in [0.2, 0.25) is 0 Å². The number of aromatic nitrogens is 5. The highest BCUT2D eigenvalue weighted by Crippen LogP contribution is 2.31. The maximum Gasteiger partial charge on any atom is 0.333 e. The van der Waals surface area contributed by atoms with Crippen LogP contribution in [-0.2, 0) is 23.3 Å². The van der Waals surface area contributed by atoms with Crippen molar-refractivity contribution >= 4 is 27.5 Å². The van der Waals surface area contributed by atoms with E-state index < -0.39 is 22.6 Å². The first-order valence-corrected chi connectivity index (χ1v) is 13.7. The molecule has 0 saturated heterocycles. The van der Waals surface area contributed by atoms with Crippen molar-refractivity contribution in [1.82, 2.24) is 29.0 Å². The monoisotopic (exact) mass is 556 g/mol. The molecule has 0 aliphatic heterocycles. The zero-order chi connectivity index (χ0) is 28.5. The van der Waals surface area contributed by atoms with E-state index in [1.54, 1.807) is 25.7 Å². The average molecular weight is 557 g/mol. The molecule has 1 amide bonds. The van der Waals surface area contributed by atoms with E-state index in [4.69, 9.17) is 4.74 Å². The third-order valence-corrected chi connectivity index (χ3v) is 8.16. The van der Waals surface area contributed by atoms with Crippen molar-refractivity contribution in [2.45, 2.75) is 59.5 Å². The third-order valence-electron chi connectivity index (χ3n) is 6.88. The van der Waals surface area contributed by atoms with Crippen LogP contribution in [0.25, 0.3) is 15.2 Å². The molecule has 208 valence electrons. The summed E-state index contributed by atoms with van der Waals surface area (Å²) in [6.07, 6.45) is 4.05. The number of carbonyl (C=O) groups excluding carboxylic acids is 1. The number of rotatable bonds is 10. The first-order chi connectivity index (χ1) is 18.6. The molecule has 3 aromatic heterocycles. The van der Waals surface area contributed by atoms with E-state index in [1.807, 2.05) is 13.8 Å². The summed E-state index contributed by atoms with van der Waals surface area (Å²) in [6.45, 7) is 9.89. The number of methoxy groups -OCH3 is 1. The van der Waals surface area contributed by atoms with Crippen LogP contribution in [0.4, 0.5) is 4.39 Å². The van der Waals surface area contributed by atoms with Gasteiger partial charge in [0, 0.05) is 25.2 Å². The number of hydrogen-bond donors (Lipinski definition) is 0. The predicted molar refractivity (Wildman–Crippen MR) is 149 cm³/mol. The van der Waals surface area contributed by atoms with E-state index in [-0.39, 0.29) is 18.9 Å². The molecule has 0 aliphatic carbocycles. The molecular weight excluding hydrogens is 523 g/mol. The fourth-order valence-corrected chi connectivity index (χ4v) is 6.10. The number of likely N-dealkylation sites (N-methyl/N-ethyl adjacent to an activating group) is 1. The zero-order valence-electron chi connectivity index (χ0n) is 23.0. The molecule has 3 heterocycles. The Hall–Kier alpha value is -3.80. The number of halogens is 1. The molecule has 1 aromatic carbocycles. The van der Waals surface area contributed by atoms with Gasteiger partial charge in [0.15, 0.2) is 0 Å². The number of ether oxygens (including phenoxy) is 1. The van der Waals surface area contributed by atoms with Gasteiger partial charge in [-0.1, -0.05) is 18.3 Å². The average Bonchev–Trinajstić information content (AvgIpc) is 3.55. The number of aryl methyl sites for hydroxylation is 3. The third kappa shape index (κ3) is 5.00. The van der Waals surface area contributed by atoms with Crippen LogP contribution < -0.4 is 16.0 Å². The minimum Gasteiger partial charge on any atom is -0.496 e. The number of carbonyl (C=O) groups is 1. The van der Waals surface area contributed by atoms with Crippen molar-refractivity contribution in [3.05, 3.63) is 68.4 Å². The van der Waals surface area contributed by atoms with Gasteiger partial charge in [-0.05, 0) is 64.3 Å². The van der Waals surface area contributed by atoms with Crippen molar-refractivity contribution in [2.75, 3.05) is 20.2 Å². The number of benzene rings is 1. The number of amides is 1. The maximum atomic E-state index is 14.1. The highest BCUT2D eigenvalue weighted by Gasteiger charge is 2.37. The Labute approximate surface area is 229 Å². The van der Waals surface area contributed by atoms with Gasteiger partial charge in [0.2, 0.25) is 5.91 Å². The SMILES string of the molecule is CCCN(CC)C(=O)C(C)(C)n1c(=O)c2c(C)c(-n3nccn3)sc2n(CCc2cc(F)ccc2OC)c1=O. The lowest BCUT2D eigenvalue weighted by Gasteiger charge is -2.32. The summed E-state index contributed by atoms with van der Waals surface area (Å²) in [5.41, 5.74) is -1.44. The van der Waals surface area contributed by atoms with Crippen molar-refractivity contribution in [1.29, 1.82) is 0 Å². The second-order valence-corrected chi connectivity index (χ2v) is 10.7. The van der Waals surface area contributed by atoms with Gasteiger partial charge in [-0.2, -0.15) is 10.2 Å². The maximum absolute atomic E-state index is 14.1. The molecule has 4 aromatic rings. The summed E-state index contributed by atoms with van der Waals surface area (Å²) < 4.78 is 22.0. The first-order valence-electron chi connectivity index (χ1n) is 12.8. The van der Waals surface area contributed by atoms with Gasteiger partial charge in [0.25, 0.3) is 5.56 Å². The van der Waals surface area contributed by atoms with E-state index in [0.717, 1.165) is 11.0 Å². The molecule has 0 bridgehead atoms. The second kappa shape index (κ2) is 11.1. The van der Waals surface area contributed by atoms with Gasteiger partial charge in [-0.3, -0.25) is 14.2 Å². The smallest absolute Gasteiger partial charge is 0.333 e. The summed E-state index contributed by atoms with van der Waals surface area (Å²) in [7, 11) is 1.50. The van der Waals surface area contributed by atoms with Crippen LogP contribution in [0.3, 0.4) is 0 Å². The minimum atomic E-state index is -1.45. The lowest BCUT2D eigenvalue weighted by atomic mass is 10.0. The Morgan fingerprint density at radius 2 is 1.87 bits per heavy atom. The lowest BCUT2D eigenvalue weighted by molar-refractivity contribution is -0.139. The van der Waals surface area contributed by atoms with Crippen LogP contribution in [0.5, 0.6) is 5.75 Å². The minimum absolute atomic E-state index is 0.123. The van der Waals surface area contributed by atoms with Gasteiger partial charge in [-0.25, -0.2) is 13.8 Å². The number of nitrogens with zero attached hydrogens (tertiary/aromatic N) is 6. The molecule has 4 rings (SSSR count). The highest BCUT2D eigenvalue weighted by atomic mass is 32.1. The quantitative estimate of drug-likeness (QED) is 0.296. The normalized spacial score (nSPS) is 11.8. The first kappa shape index (κ1) is 28.2. The summed E-state index contributed by atoms with van der Waals surface area (Å²) in [4.78, 5) is 45.2. The Morgan fingerprint density at radius 1 is 1.18 bits per heavy atom. The van der Waals surface area contributed by atoms with Crippen molar-refractivity contribution in [3.8, 4) is 10.8 Å². The molecule has 0 N–H and O–H groups in total. The van der Waals surface area contributed by atoms with Gasteiger partial charge in [-0.15, -0.1) is 4.80 Å². The molecular formula is C27H33FN6O4S. The molecule has 12 heteroatoms. The summed E-state index contributed by atoms with van der Waals surface area (Å²) in [5.74, 6) is -0.244. The fraction of sp³-hybridized carbons (Fsp3) is 0.444. The van der Waals surface area contributed by atoms with Crippen molar-refractivity contribution in [2.24, 2.45) is 0 Å². The summed E-state index contributed by atoms with van der Waals surface area (Å²) in [5, 5.41) is 9.32. The predicted octanol–water partition coefficient (Wildman–Crippen LogP) is 3.50. The Kier molecular flexibility index (Phi) is 8.05. The molecule has 39 heavy (non-hydrogen) atoms. The van der Waals surface area contributed by atoms with E-state index in [0.29, 0.717) is 45.2 Å². The molecule has 0 radical (unpaired) electrons. The van der Waals surface area contributed by atoms with Gasteiger partial charge in [0.1, 0.15) is 26.9 Å². The van der Waals surface area contributed by atoms with E-state index in [2.05, 4.69) is 10.2 Å². The molecule has 0 atom stereocenters. The number of hydrogen-bond acceptors (Lipinski definition) is 7. The van der Waals surface area contributed by atoms with Crippen LogP contribution in [-0.4, -0.2) is 55.1 Å². The van der Waals surface area contributed by atoms with Crippen LogP contribution in [0.15, 0.2) is 40.2 Å². The summed E-state index contributed by atoms with van der Waals surface area (Å²) in [6, 6.07) is 4.21. The highest BCUT2D eigenvalue weighted by molar-refractivity contribution is 7.21. The topological polar surface area (TPSA) is 104 Å². The van der Waals surface area contributed by atoms with E-state index in [9.17, 15) is 18.8 Å². The lowest BCUT2D eigenvalue weighted by Crippen LogP contribution is -2.56. The standard InChI is InChI=1S/C27H33FN6O4S/c1-7-14-31(8-2)25(36)27(4,5)33-22(35)21-17(3)23(34-29-12-13-30-34)39-24(21)32(26(33)37)15-11-18-16-19(28)9-10-20(18)38-6/h9-10,12-13,16H,7-8,11,14-15H2,1-6H3. The molecule has 0 fully saturated rings. The Balaban J connectivity index is 1.97. The molecule has 0 unspecified atom stereocenters. The van der Waals surface area contributed by atoms with E-state index in [1.165, 1.54) is 58.4 Å². The molecule has 0 saturated carbocycles. The molecule has 0 aliphatic rings. The number of fused-ring (bicyclic) bond motifs is 1. The van der Waals surface area contributed by atoms with Crippen LogP contribution >= 0.6 is 11.3 Å². The van der Waals surface area contributed by atoms with Gasteiger partial charge >= 0.3 is 5.69 Å². The van der Waals surface area contributed by atoms with Gasteiger partial charge < -0.3 is 9.64 Å². The Bertz CT molecular complexity index is 1620. The molecule has 0 spiro atoms. The van der Waals surface area contributed by atoms with Gasteiger partial charge in [0.05, 0.1) is 24.9 Å². The number of thiophene rings is 1. The van der Waals surface area contributed by atoms with Crippen LogP contribution in [0, 0.1) is 12.7 Å². The summed E-state index contributed by atoms with van der Waals surface area (Å²) >= 11 is 1.22. The van der Waals surface area contributed by atoms with Crippen molar-refractivity contribution < 1.29 is 13.9 Å². The van der Waals surface area contributed by atoms with Crippen molar-refractivity contribution in [3.63, 3.8) is 0 Å². The van der Waals surface area contributed by atoms with E-state index >= 15 is 0 Å². The molecule has 10 nitrogen and oxygen atoms in total. The zero-order valence-corrected chi connectivity index (χ0v) is 23.8. The largest absolute Gasteiger partial charge is 0.496 e. The fourth-order valence-electron chi connectivity index (χ4n) is 4.87.